The molecule has 0 bridgehead atoms. The largest absolute Gasteiger partial charge is 0.508 e. The van der Waals surface area contributed by atoms with Gasteiger partial charge in [0.25, 0.3) is 5.91 Å². The van der Waals surface area contributed by atoms with E-state index < -0.39 is 11.7 Å². The van der Waals surface area contributed by atoms with E-state index in [9.17, 15) is 19.4 Å². The van der Waals surface area contributed by atoms with Gasteiger partial charge < -0.3 is 15.5 Å². The Bertz CT molecular complexity index is 1460. The Labute approximate surface area is 196 Å². The Kier molecular flexibility index (Phi) is 5.48. The third-order valence-corrected chi connectivity index (χ3v) is 5.90. The normalized spacial score (nSPS) is 10.9. The maximum atomic E-state index is 13.5. The zero-order chi connectivity index (χ0) is 23.7. The summed E-state index contributed by atoms with van der Waals surface area (Å²) in [5, 5.41) is 35.9. The second kappa shape index (κ2) is 8.75. The molecule has 168 valence electrons. The summed E-state index contributed by atoms with van der Waals surface area (Å²) < 4.78 is 15.0. The van der Waals surface area contributed by atoms with Gasteiger partial charge in [-0.1, -0.05) is 11.3 Å². The minimum Gasteiger partial charge on any atom is -0.508 e. The van der Waals surface area contributed by atoms with Crippen molar-refractivity contribution in [3.05, 3.63) is 90.2 Å². The van der Waals surface area contributed by atoms with Crippen LogP contribution in [0.5, 0.6) is 11.5 Å². The molecule has 3 aromatic carbocycles. The van der Waals surface area contributed by atoms with Gasteiger partial charge in [0.1, 0.15) is 33.8 Å². The maximum Gasteiger partial charge on any atom is 0.256 e. The first kappa shape index (κ1) is 21.3. The number of halogens is 1. The lowest BCUT2D eigenvalue weighted by Gasteiger charge is -2.09. The highest BCUT2D eigenvalue weighted by atomic mass is 32.1. The first-order valence-corrected chi connectivity index (χ1v) is 10.9. The summed E-state index contributed by atoms with van der Waals surface area (Å²) in [5.41, 5.74) is 2.14. The number of nitrogens with one attached hydrogen (secondary N) is 1. The van der Waals surface area contributed by atoms with E-state index in [4.69, 9.17) is 0 Å². The molecule has 0 aliphatic carbocycles. The fraction of sp³-hybridized carbons (Fsp3) is 0. The van der Waals surface area contributed by atoms with Crippen LogP contribution in [0.25, 0.3) is 27.0 Å². The maximum absolute atomic E-state index is 13.5. The van der Waals surface area contributed by atoms with Crippen molar-refractivity contribution >= 4 is 23.1 Å². The van der Waals surface area contributed by atoms with Crippen molar-refractivity contribution in [1.29, 1.82) is 0 Å². The molecule has 5 aromatic rings. The van der Waals surface area contributed by atoms with Crippen molar-refractivity contribution in [2.45, 2.75) is 0 Å². The molecule has 3 N–H and O–H groups in total. The van der Waals surface area contributed by atoms with E-state index in [-0.39, 0.29) is 11.5 Å². The van der Waals surface area contributed by atoms with Gasteiger partial charge in [0, 0.05) is 17.2 Å². The molecule has 8 nitrogen and oxygen atoms in total. The molecule has 2 heterocycles. The molecular formula is C24H16FN5O3S. The highest BCUT2D eigenvalue weighted by Crippen LogP contribution is 2.32. The van der Waals surface area contributed by atoms with E-state index in [2.05, 4.69) is 20.6 Å². The van der Waals surface area contributed by atoms with Crippen molar-refractivity contribution < 1.29 is 19.4 Å². The van der Waals surface area contributed by atoms with Crippen molar-refractivity contribution in [2.75, 3.05) is 5.32 Å². The number of aromatic nitrogens is 4. The number of benzene rings is 3. The van der Waals surface area contributed by atoms with E-state index >= 15 is 0 Å². The summed E-state index contributed by atoms with van der Waals surface area (Å²) in [4.78, 5) is 12.8. The number of phenolic OH excluding ortho intramolecular Hbond substituents is 2. The lowest BCUT2D eigenvalue weighted by atomic mass is 10.2. The van der Waals surface area contributed by atoms with Gasteiger partial charge in [-0.25, -0.2) is 9.07 Å². The molecule has 0 unspecified atom stereocenters. The highest BCUT2D eigenvalue weighted by Gasteiger charge is 2.18. The molecular weight excluding hydrogens is 457 g/mol. The lowest BCUT2D eigenvalue weighted by molar-refractivity contribution is 0.102. The summed E-state index contributed by atoms with van der Waals surface area (Å²) in [6.07, 6.45) is 0. The molecule has 5 rings (SSSR count). The lowest BCUT2D eigenvalue weighted by Crippen LogP contribution is -2.15. The average molecular weight is 473 g/mol. The molecule has 0 aliphatic heterocycles. The smallest absolute Gasteiger partial charge is 0.256 e. The van der Waals surface area contributed by atoms with Gasteiger partial charge in [0.2, 0.25) is 0 Å². The first-order valence-electron chi connectivity index (χ1n) is 10.1. The zero-order valence-electron chi connectivity index (χ0n) is 17.4. The van der Waals surface area contributed by atoms with E-state index in [1.54, 1.807) is 42.5 Å². The second-order valence-corrected chi connectivity index (χ2v) is 8.24. The Morgan fingerprint density at radius 3 is 2.15 bits per heavy atom. The SMILES string of the molecule is O=C(Nc1cc(-c2nnc(-c3ccc(O)cc3)s2)nn1-c1ccc(F)cc1)c1ccc(O)cc1. The van der Waals surface area contributed by atoms with Gasteiger partial charge in [-0.05, 0) is 72.8 Å². The molecule has 1 amide bonds. The number of hydrogen-bond acceptors (Lipinski definition) is 7. The molecule has 0 radical (unpaired) electrons. The van der Waals surface area contributed by atoms with Crippen LogP contribution in [-0.4, -0.2) is 36.1 Å². The third-order valence-electron chi connectivity index (χ3n) is 4.91. The van der Waals surface area contributed by atoms with Crippen LogP contribution >= 0.6 is 11.3 Å². The number of carbonyl (C=O) groups excluding carboxylic acids is 1. The summed E-state index contributed by atoms with van der Waals surface area (Å²) in [6, 6.07) is 19.8. The number of carbonyl (C=O) groups is 1. The first-order chi connectivity index (χ1) is 16.5. The number of hydrogen-bond donors (Lipinski definition) is 3. The van der Waals surface area contributed by atoms with Crippen LogP contribution in [0.1, 0.15) is 10.4 Å². The molecule has 2 aromatic heterocycles. The van der Waals surface area contributed by atoms with Crippen LogP contribution in [0.3, 0.4) is 0 Å². The number of nitrogens with zero attached hydrogens (tertiary/aromatic N) is 4. The van der Waals surface area contributed by atoms with E-state index in [1.165, 1.54) is 52.4 Å². The topological polar surface area (TPSA) is 113 Å². The van der Waals surface area contributed by atoms with E-state index in [0.29, 0.717) is 32.8 Å². The monoisotopic (exact) mass is 473 g/mol. The van der Waals surface area contributed by atoms with Crippen LogP contribution in [0, 0.1) is 5.82 Å². The Morgan fingerprint density at radius 1 is 0.853 bits per heavy atom. The number of phenols is 2. The molecule has 0 aliphatic rings. The van der Waals surface area contributed by atoms with Gasteiger partial charge in [-0.3, -0.25) is 4.79 Å². The number of amides is 1. The fourth-order valence-corrected chi connectivity index (χ4v) is 4.01. The van der Waals surface area contributed by atoms with E-state index in [1.807, 2.05) is 0 Å². The minimum atomic E-state index is -0.406. The number of rotatable bonds is 5. The fourth-order valence-electron chi connectivity index (χ4n) is 3.20. The van der Waals surface area contributed by atoms with Gasteiger partial charge in [0.05, 0.1) is 5.69 Å². The summed E-state index contributed by atoms with van der Waals surface area (Å²) in [6.45, 7) is 0. The van der Waals surface area contributed by atoms with Crippen molar-refractivity contribution in [3.63, 3.8) is 0 Å². The Morgan fingerprint density at radius 2 is 1.47 bits per heavy atom. The van der Waals surface area contributed by atoms with Crippen molar-refractivity contribution in [2.24, 2.45) is 0 Å². The molecule has 10 heteroatoms. The third kappa shape index (κ3) is 4.34. The van der Waals surface area contributed by atoms with Gasteiger partial charge in [0.15, 0.2) is 5.01 Å². The van der Waals surface area contributed by atoms with Gasteiger partial charge >= 0.3 is 0 Å². The molecule has 0 spiro atoms. The second-order valence-electron chi connectivity index (χ2n) is 7.26. The van der Waals surface area contributed by atoms with Crippen LogP contribution < -0.4 is 5.32 Å². The number of anilines is 1. The quantitative estimate of drug-likeness (QED) is 0.336. The Hall–Kier alpha value is -4.57. The predicted octanol–water partition coefficient (Wildman–Crippen LogP) is 4.86. The Balaban J connectivity index is 1.51. The summed E-state index contributed by atoms with van der Waals surface area (Å²) in [7, 11) is 0. The zero-order valence-corrected chi connectivity index (χ0v) is 18.2. The molecule has 34 heavy (non-hydrogen) atoms. The van der Waals surface area contributed by atoms with Crippen molar-refractivity contribution in [1.82, 2.24) is 20.0 Å². The molecule has 0 fully saturated rings. The average Bonchev–Trinajstić information content (AvgIpc) is 3.48. The molecule has 0 saturated carbocycles. The van der Waals surface area contributed by atoms with Gasteiger partial charge in [-0.15, -0.1) is 10.2 Å². The predicted molar refractivity (Wildman–Crippen MR) is 126 cm³/mol. The van der Waals surface area contributed by atoms with Crippen molar-refractivity contribution in [3.8, 4) is 38.5 Å². The van der Waals surface area contributed by atoms with Gasteiger partial charge in [-0.2, -0.15) is 5.10 Å². The summed E-state index contributed by atoms with van der Waals surface area (Å²) in [5.74, 6) is -0.247. The standard InChI is InChI=1S/C24H16FN5O3S/c25-16-5-7-17(8-6-16)30-21(26-22(33)14-1-9-18(31)10-2-14)13-20(29-30)24-28-27-23(34-24)15-3-11-19(32)12-4-15/h1-13,31-32H,(H,26,33). The highest BCUT2D eigenvalue weighted by molar-refractivity contribution is 7.17. The van der Waals surface area contributed by atoms with Crippen LogP contribution in [0.4, 0.5) is 10.2 Å². The molecule has 0 saturated heterocycles. The van der Waals surface area contributed by atoms with Crippen LogP contribution in [0.2, 0.25) is 0 Å². The molecule has 0 atom stereocenters. The summed E-state index contributed by atoms with van der Waals surface area (Å²) >= 11 is 1.30. The minimum absolute atomic E-state index is 0.0518. The van der Waals surface area contributed by atoms with E-state index in [0.717, 1.165) is 5.56 Å². The van der Waals surface area contributed by atoms with Crippen LogP contribution in [0.15, 0.2) is 78.9 Å². The van der Waals surface area contributed by atoms with Crippen LogP contribution in [-0.2, 0) is 0 Å². The number of aromatic hydroxyl groups is 2.